The Morgan fingerprint density at radius 2 is 1.43 bits per heavy atom. The average molecular weight is 870 g/mol. The molecule has 4 unspecified atom stereocenters. The van der Waals surface area contributed by atoms with Crippen LogP contribution in [0.1, 0.15) is 99.5 Å². The Morgan fingerprint density at radius 3 is 1.97 bits per heavy atom. The maximum Gasteiger partial charge on any atom is 0.338 e. The number of esters is 4. The highest BCUT2D eigenvalue weighted by molar-refractivity contribution is 5.95. The molecular weight excluding hydrogens is 815 g/mol. The number of rotatable bonds is 15. The third-order valence-electron chi connectivity index (χ3n) is 12.8. The first-order valence-corrected chi connectivity index (χ1v) is 21.0. The first-order chi connectivity index (χ1) is 29.8. The summed E-state index contributed by atoms with van der Waals surface area (Å²) in [7, 11) is 0. The molecule has 3 aromatic rings. The van der Waals surface area contributed by atoms with Gasteiger partial charge in [0.25, 0.3) is 5.91 Å². The van der Waals surface area contributed by atoms with Crippen LogP contribution in [0.5, 0.6) is 0 Å². The van der Waals surface area contributed by atoms with Crippen LogP contribution in [0.2, 0.25) is 0 Å². The van der Waals surface area contributed by atoms with Crippen LogP contribution in [0.25, 0.3) is 0 Å². The van der Waals surface area contributed by atoms with Crippen molar-refractivity contribution in [3.8, 4) is 0 Å². The summed E-state index contributed by atoms with van der Waals surface area (Å²) in [5, 5.41) is 39.5. The van der Waals surface area contributed by atoms with Crippen LogP contribution in [0.15, 0.2) is 102 Å². The third kappa shape index (κ3) is 9.33. The minimum atomic E-state index is -2.40. The number of nitrogens with one attached hydrogen (secondary N) is 1. The van der Waals surface area contributed by atoms with Gasteiger partial charge in [-0.1, -0.05) is 87.5 Å². The lowest BCUT2D eigenvalue weighted by molar-refractivity contribution is -0.320. The SMILES string of the molecule is CCC(=O)[C@H](OC(C)=O)C1=C(C)C(OC(=O)[C@H](O)C(NC(=O)c2ccccc2)c2ccccc2)CC(O)([C@@H](OC(=O)c2ccccc2)[C@H]2C[C@@H](O)CC3OC[C@]32OC(C)=O)C1(C)C. The van der Waals surface area contributed by atoms with Crippen molar-refractivity contribution in [1.82, 2.24) is 5.32 Å². The minimum Gasteiger partial charge on any atom is -0.456 e. The zero-order valence-electron chi connectivity index (χ0n) is 36.1. The molecular formula is C48H55NO14. The van der Waals surface area contributed by atoms with Gasteiger partial charge in [-0.3, -0.25) is 19.2 Å². The number of carbonyl (C=O) groups is 6. The van der Waals surface area contributed by atoms with Gasteiger partial charge in [0, 0.05) is 50.0 Å². The van der Waals surface area contributed by atoms with Gasteiger partial charge in [-0.05, 0) is 54.3 Å². The van der Waals surface area contributed by atoms with E-state index in [-0.39, 0.29) is 48.1 Å². The van der Waals surface area contributed by atoms with Gasteiger partial charge in [-0.2, -0.15) is 0 Å². The first-order valence-electron chi connectivity index (χ1n) is 21.0. The van der Waals surface area contributed by atoms with Crippen LogP contribution in [0.3, 0.4) is 0 Å². The predicted molar refractivity (Wildman–Crippen MR) is 224 cm³/mol. The number of hydrogen-bond acceptors (Lipinski definition) is 14. The molecule has 63 heavy (non-hydrogen) atoms. The summed E-state index contributed by atoms with van der Waals surface area (Å²) in [6, 6.07) is 23.0. The number of aliphatic hydroxyl groups is 3. The lowest BCUT2D eigenvalue weighted by atomic mass is 9.53. The summed E-state index contributed by atoms with van der Waals surface area (Å²) < 4.78 is 30.1. The molecule has 15 nitrogen and oxygen atoms in total. The van der Waals surface area contributed by atoms with Crippen LogP contribution < -0.4 is 5.32 Å². The molecule has 10 atom stereocenters. The van der Waals surface area contributed by atoms with Crippen LogP contribution in [0, 0.1) is 11.3 Å². The normalized spacial score (nSPS) is 26.9. The second-order valence-corrected chi connectivity index (χ2v) is 17.0. The van der Waals surface area contributed by atoms with E-state index in [1.54, 1.807) is 99.6 Å². The van der Waals surface area contributed by atoms with Gasteiger partial charge in [0.05, 0.1) is 24.3 Å². The second kappa shape index (κ2) is 18.9. The summed E-state index contributed by atoms with van der Waals surface area (Å²) in [4.78, 5) is 81.5. The summed E-state index contributed by atoms with van der Waals surface area (Å²) in [5.41, 5.74) is -4.66. The Hall–Kier alpha value is -5.74. The summed E-state index contributed by atoms with van der Waals surface area (Å²) in [6.07, 6.45) is -9.57. The molecule has 1 amide bonds. The molecule has 1 saturated heterocycles. The highest BCUT2D eigenvalue weighted by Gasteiger charge is 2.70. The number of hydrogen-bond donors (Lipinski definition) is 4. The zero-order valence-corrected chi connectivity index (χ0v) is 36.1. The van der Waals surface area contributed by atoms with Gasteiger partial charge in [0.2, 0.25) is 0 Å². The molecule has 3 aromatic carbocycles. The number of Topliss-reactive ketones (excluding diaryl/α,β-unsaturated/α-hetero) is 1. The number of carbonyl (C=O) groups excluding carboxylic acids is 6. The molecule has 1 aliphatic heterocycles. The van der Waals surface area contributed by atoms with Crippen LogP contribution in [-0.4, -0.2) is 105 Å². The van der Waals surface area contributed by atoms with E-state index in [9.17, 15) is 44.1 Å². The fourth-order valence-electron chi connectivity index (χ4n) is 9.43. The summed E-state index contributed by atoms with van der Waals surface area (Å²) in [5.74, 6) is -5.97. The molecule has 0 bridgehead atoms. The molecule has 0 radical (unpaired) electrons. The van der Waals surface area contributed by atoms with Crippen molar-refractivity contribution >= 4 is 35.6 Å². The van der Waals surface area contributed by atoms with Gasteiger partial charge >= 0.3 is 23.9 Å². The number of amides is 1. The third-order valence-corrected chi connectivity index (χ3v) is 12.8. The predicted octanol–water partition coefficient (Wildman–Crippen LogP) is 4.52. The molecule has 6 rings (SSSR count). The number of benzene rings is 3. The molecule has 2 aliphatic carbocycles. The quantitative estimate of drug-likeness (QED) is 0.0938. The summed E-state index contributed by atoms with van der Waals surface area (Å²) >= 11 is 0. The molecule has 1 heterocycles. The molecule has 1 saturated carbocycles. The van der Waals surface area contributed by atoms with E-state index in [1.807, 2.05) is 0 Å². The van der Waals surface area contributed by atoms with Crippen molar-refractivity contribution in [2.45, 2.75) is 121 Å². The van der Waals surface area contributed by atoms with E-state index in [0.29, 0.717) is 5.56 Å². The zero-order chi connectivity index (χ0) is 45.9. The average Bonchev–Trinajstić information content (AvgIpc) is 3.25. The van der Waals surface area contributed by atoms with Crippen molar-refractivity contribution in [3.63, 3.8) is 0 Å². The van der Waals surface area contributed by atoms with E-state index < -0.39 is 107 Å². The van der Waals surface area contributed by atoms with E-state index in [1.165, 1.54) is 26.0 Å². The smallest absolute Gasteiger partial charge is 0.338 e. The lowest BCUT2D eigenvalue weighted by Gasteiger charge is -2.61. The highest BCUT2D eigenvalue weighted by atomic mass is 16.6. The Labute approximate surface area is 365 Å². The van der Waals surface area contributed by atoms with Crippen molar-refractivity contribution < 1.29 is 67.8 Å². The van der Waals surface area contributed by atoms with E-state index in [4.69, 9.17) is 23.7 Å². The Balaban J connectivity index is 1.50. The molecule has 336 valence electrons. The van der Waals surface area contributed by atoms with Gasteiger partial charge < -0.3 is 44.3 Å². The van der Waals surface area contributed by atoms with Crippen molar-refractivity contribution in [3.05, 3.63) is 119 Å². The maximum atomic E-state index is 14.4. The number of ether oxygens (including phenoxy) is 5. The van der Waals surface area contributed by atoms with Gasteiger partial charge in [0.1, 0.15) is 23.9 Å². The standard InChI is InChI=1S/C48H55NO14/c1-7-35(53)41(60-28(3)50)38-27(2)36(61-45(57)40(54)39(30-17-11-8-12-18-30)49-43(55)31-19-13-9-14-20-31)25-48(58,46(38,5)6)42(62-44(56)32-21-15-10-16-22-32)34-23-33(52)24-37-47(34,26-59-37)63-29(4)51/h8-22,33-34,36-37,39-42,52,54,58H,7,23-26H2,1-6H3,(H,49,55)/t33-,34-,36?,37?,39?,40-,41+,42+,47-,48?/m1/s1. The Bertz CT molecular complexity index is 2210. The Kier molecular flexibility index (Phi) is 14.1. The summed E-state index contributed by atoms with van der Waals surface area (Å²) in [6.45, 7) is 8.38. The monoisotopic (exact) mass is 869 g/mol. The number of ketones is 1. The van der Waals surface area contributed by atoms with Gasteiger partial charge in [0.15, 0.2) is 23.6 Å². The van der Waals surface area contributed by atoms with Crippen molar-refractivity contribution in [2.24, 2.45) is 11.3 Å². The molecule has 3 aliphatic rings. The van der Waals surface area contributed by atoms with E-state index in [0.717, 1.165) is 6.92 Å². The minimum absolute atomic E-state index is 0.0302. The number of aliphatic hydroxyl groups excluding tert-OH is 2. The topological polar surface area (TPSA) is 221 Å². The van der Waals surface area contributed by atoms with E-state index >= 15 is 0 Å². The molecule has 15 heteroatoms. The van der Waals surface area contributed by atoms with E-state index in [2.05, 4.69) is 5.32 Å². The number of fused-ring (bicyclic) bond motifs is 1. The molecule has 4 N–H and O–H groups in total. The highest BCUT2D eigenvalue weighted by Crippen LogP contribution is 2.58. The fourth-order valence-corrected chi connectivity index (χ4v) is 9.43. The fraction of sp³-hybridized carbons (Fsp3) is 0.458. The second-order valence-electron chi connectivity index (χ2n) is 17.0. The van der Waals surface area contributed by atoms with Gasteiger partial charge in [-0.15, -0.1) is 0 Å². The Morgan fingerprint density at radius 1 is 0.841 bits per heavy atom. The van der Waals surface area contributed by atoms with Crippen molar-refractivity contribution in [2.75, 3.05) is 6.61 Å². The largest absolute Gasteiger partial charge is 0.456 e. The van der Waals surface area contributed by atoms with Crippen molar-refractivity contribution in [1.29, 1.82) is 0 Å². The van der Waals surface area contributed by atoms with Crippen LogP contribution >= 0.6 is 0 Å². The van der Waals surface area contributed by atoms with Crippen LogP contribution in [-0.2, 0) is 42.9 Å². The molecule has 0 spiro atoms. The maximum absolute atomic E-state index is 14.4. The lowest BCUT2D eigenvalue weighted by Crippen LogP contribution is -2.75. The first kappa shape index (κ1) is 46.8. The van der Waals surface area contributed by atoms with Crippen LogP contribution in [0.4, 0.5) is 0 Å². The molecule has 2 fully saturated rings. The molecule has 0 aromatic heterocycles. The van der Waals surface area contributed by atoms with Gasteiger partial charge in [-0.25, -0.2) is 9.59 Å².